The van der Waals surface area contributed by atoms with Crippen LogP contribution in [0.15, 0.2) is 29.1 Å². The van der Waals surface area contributed by atoms with Gasteiger partial charge >= 0.3 is 5.69 Å². The van der Waals surface area contributed by atoms with Crippen LogP contribution < -0.4 is 11.4 Å². The van der Waals surface area contributed by atoms with Crippen molar-refractivity contribution in [1.82, 2.24) is 23.6 Å². The van der Waals surface area contributed by atoms with Crippen LogP contribution in [0.25, 0.3) is 16.8 Å². The van der Waals surface area contributed by atoms with E-state index < -0.39 is 11.6 Å². The monoisotopic (exact) mass is 384 g/mol. The van der Waals surface area contributed by atoms with E-state index in [2.05, 4.69) is 18.9 Å². The summed E-state index contributed by atoms with van der Waals surface area (Å²) in [6.45, 7) is 3.92. The van der Waals surface area contributed by atoms with E-state index in [0.29, 0.717) is 11.3 Å². The van der Waals surface area contributed by atoms with Crippen molar-refractivity contribution < 1.29 is 9.59 Å². The lowest BCUT2D eigenvalue weighted by molar-refractivity contribution is -0.137. The van der Waals surface area contributed by atoms with Gasteiger partial charge in [-0.3, -0.25) is 14.2 Å². The van der Waals surface area contributed by atoms with Crippen LogP contribution >= 0.6 is 0 Å². The number of carbonyl (C=O) groups excluding carboxylic acids is 2. The molecule has 1 aromatic carbocycles. The van der Waals surface area contributed by atoms with Crippen molar-refractivity contribution in [3.8, 4) is 0 Å². The van der Waals surface area contributed by atoms with Gasteiger partial charge in [0.25, 0.3) is 0 Å². The highest BCUT2D eigenvalue weighted by molar-refractivity contribution is 5.85. The predicted octanol–water partition coefficient (Wildman–Crippen LogP) is 0.726. The Bertz CT molecular complexity index is 1110. The van der Waals surface area contributed by atoms with Crippen molar-refractivity contribution in [2.75, 3.05) is 0 Å². The van der Waals surface area contributed by atoms with Gasteiger partial charge in [0.1, 0.15) is 13.1 Å². The molecule has 1 aliphatic heterocycles. The molecule has 3 heterocycles. The number of fused-ring (bicyclic) bond motifs is 3. The zero-order valence-electron chi connectivity index (χ0n) is 16.0. The zero-order valence-corrected chi connectivity index (χ0v) is 16.0. The molecule has 0 spiro atoms. The molecular formula is C19H24N6O3. The largest absolute Gasteiger partial charge is 0.368 e. The Balaban J connectivity index is 1.82. The van der Waals surface area contributed by atoms with Crippen molar-refractivity contribution in [2.45, 2.75) is 58.3 Å². The second-order valence-electron chi connectivity index (χ2n) is 7.55. The van der Waals surface area contributed by atoms with Crippen LogP contribution in [-0.4, -0.2) is 47.5 Å². The number of imidazole rings is 1. The summed E-state index contributed by atoms with van der Waals surface area (Å²) in [5, 5.41) is 4.28. The molecule has 1 aliphatic rings. The Morgan fingerprint density at radius 1 is 1.11 bits per heavy atom. The number of nitrogens with two attached hydrogens (primary N) is 1. The van der Waals surface area contributed by atoms with Crippen molar-refractivity contribution >= 4 is 28.6 Å². The number of likely N-dealkylation sites (tertiary alicyclic amines) is 1. The summed E-state index contributed by atoms with van der Waals surface area (Å²) in [6.07, 6.45) is 3.10. The standard InChI is InChI=1S/C19H24N6O3/c1-12-6-5-7-13(2)24(12)17(27)11-22-14-8-3-4-9-15(14)25-18(22)21-23(19(25)28)10-16(20)26/h3-4,8-9,12-13H,5-7,10-11H2,1-2H3,(H2,20,26)/t12-,13-/m1/s1. The third-order valence-corrected chi connectivity index (χ3v) is 5.56. The molecule has 2 atom stereocenters. The van der Waals surface area contributed by atoms with E-state index in [1.54, 1.807) is 10.6 Å². The lowest BCUT2D eigenvalue weighted by Gasteiger charge is -2.39. The first-order valence-corrected chi connectivity index (χ1v) is 9.54. The maximum absolute atomic E-state index is 13.2. The summed E-state index contributed by atoms with van der Waals surface area (Å²) < 4.78 is 4.20. The van der Waals surface area contributed by atoms with E-state index in [-0.39, 0.29) is 31.1 Å². The number of carbonyl (C=O) groups is 2. The Morgan fingerprint density at radius 3 is 2.39 bits per heavy atom. The van der Waals surface area contributed by atoms with Gasteiger partial charge in [-0.1, -0.05) is 12.1 Å². The number of rotatable bonds is 4. The van der Waals surface area contributed by atoms with Gasteiger partial charge < -0.3 is 10.6 Å². The molecule has 0 saturated carbocycles. The van der Waals surface area contributed by atoms with Gasteiger partial charge in [0.05, 0.1) is 11.0 Å². The molecule has 0 aliphatic carbocycles. The Kier molecular flexibility index (Phi) is 4.44. The van der Waals surface area contributed by atoms with Crippen molar-refractivity contribution in [2.24, 2.45) is 5.73 Å². The minimum Gasteiger partial charge on any atom is -0.368 e. The quantitative estimate of drug-likeness (QED) is 0.715. The number of aromatic nitrogens is 4. The molecule has 2 aromatic heterocycles. The highest BCUT2D eigenvalue weighted by atomic mass is 16.2. The van der Waals surface area contributed by atoms with Crippen LogP contribution in [0, 0.1) is 0 Å². The van der Waals surface area contributed by atoms with Gasteiger partial charge in [0.15, 0.2) is 0 Å². The minimum absolute atomic E-state index is 0.000136. The third kappa shape index (κ3) is 2.87. The summed E-state index contributed by atoms with van der Waals surface area (Å²) in [7, 11) is 0. The Labute approximate surface area is 161 Å². The first-order valence-electron chi connectivity index (χ1n) is 9.54. The zero-order chi connectivity index (χ0) is 20.0. The van der Waals surface area contributed by atoms with Gasteiger partial charge in [-0.25, -0.2) is 13.9 Å². The Morgan fingerprint density at radius 2 is 1.75 bits per heavy atom. The second-order valence-corrected chi connectivity index (χ2v) is 7.55. The lowest BCUT2D eigenvalue weighted by atomic mass is 9.97. The molecule has 9 heteroatoms. The van der Waals surface area contributed by atoms with Gasteiger partial charge in [-0.05, 0) is 45.2 Å². The predicted molar refractivity (Wildman–Crippen MR) is 104 cm³/mol. The van der Waals surface area contributed by atoms with Gasteiger partial charge in [0, 0.05) is 12.1 Å². The molecule has 4 rings (SSSR count). The molecule has 148 valence electrons. The van der Waals surface area contributed by atoms with E-state index in [1.807, 2.05) is 23.1 Å². The van der Waals surface area contributed by atoms with Gasteiger partial charge in [-0.15, -0.1) is 5.10 Å². The molecule has 0 radical (unpaired) electrons. The number of para-hydroxylation sites is 2. The van der Waals surface area contributed by atoms with E-state index in [1.165, 1.54) is 4.40 Å². The molecule has 0 bridgehead atoms. The average molecular weight is 384 g/mol. The maximum atomic E-state index is 13.2. The van der Waals surface area contributed by atoms with Crippen LogP contribution in [-0.2, 0) is 22.7 Å². The van der Waals surface area contributed by atoms with Crippen molar-refractivity contribution in [3.63, 3.8) is 0 Å². The molecule has 0 unspecified atom stereocenters. The smallest absolute Gasteiger partial charge is 0.352 e. The van der Waals surface area contributed by atoms with Crippen molar-refractivity contribution in [1.29, 1.82) is 0 Å². The molecule has 1 saturated heterocycles. The maximum Gasteiger partial charge on any atom is 0.352 e. The fraction of sp³-hybridized carbons (Fsp3) is 0.474. The van der Waals surface area contributed by atoms with Crippen LogP contribution in [0.3, 0.4) is 0 Å². The summed E-state index contributed by atoms with van der Waals surface area (Å²) in [5.74, 6) is -0.316. The molecule has 2 N–H and O–H groups in total. The first-order chi connectivity index (χ1) is 13.4. The summed E-state index contributed by atoms with van der Waals surface area (Å²) >= 11 is 0. The number of hydrogen-bond donors (Lipinski definition) is 1. The molecule has 9 nitrogen and oxygen atoms in total. The topological polar surface area (TPSA) is 108 Å². The average Bonchev–Trinajstić information content (AvgIpc) is 3.10. The molecule has 3 aromatic rings. The van der Waals surface area contributed by atoms with E-state index in [0.717, 1.165) is 29.5 Å². The van der Waals surface area contributed by atoms with Crippen LogP contribution in [0.1, 0.15) is 33.1 Å². The number of benzene rings is 1. The fourth-order valence-electron chi connectivity index (χ4n) is 4.31. The van der Waals surface area contributed by atoms with Crippen molar-refractivity contribution in [3.05, 3.63) is 34.7 Å². The number of amides is 2. The number of hydrogen-bond acceptors (Lipinski definition) is 4. The molecular weight excluding hydrogens is 360 g/mol. The van der Waals surface area contributed by atoms with Crippen LogP contribution in [0.5, 0.6) is 0 Å². The van der Waals surface area contributed by atoms with Gasteiger partial charge in [-0.2, -0.15) is 0 Å². The molecule has 28 heavy (non-hydrogen) atoms. The normalized spacial score (nSPS) is 20.1. The number of primary amides is 1. The SMILES string of the molecule is C[C@@H]1CCC[C@@H](C)N1C(=O)Cn1c2ccccc2n2c(=O)n(CC(N)=O)nc12. The lowest BCUT2D eigenvalue weighted by Crippen LogP contribution is -2.48. The van der Waals surface area contributed by atoms with Gasteiger partial charge in [0.2, 0.25) is 17.6 Å². The number of nitrogens with zero attached hydrogens (tertiary/aromatic N) is 5. The second kappa shape index (κ2) is 6.81. The third-order valence-electron chi connectivity index (χ3n) is 5.56. The highest BCUT2D eigenvalue weighted by Crippen LogP contribution is 2.24. The molecule has 1 fully saturated rings. The summed E-state index contributed by atoms with van der Waals surface area (Å²) in [4.78, 5) is 39.1. The highest BCUT2D eigenvalue weighted by Gasteiger charge is 2.30. The summed E-state index contributed by atoms with van der Waals surface area (Å²) in [6, 6.07) is 7.70. The molecule has 2 amide bonds. The minimum atomic E-state index is -0.647. The van der Waals surface area contributed by atoms with E-state index in [4.69, 9.17) is 5.73 Å². The van der Waals surface area contributed by atoms with Crippen LogP contribution in [0.4, 0.5) is 0 Å². The summed E-state index contributed by atoms with van der Waals surface area (Å²) in [5.41, 5.74) is 6.17. The first kappa shape index (κ1) is 18.3. The number of piperidine rings is 1. The Hall–Kier alpha value is -3.10. The van der Waals surface area contributed by atoms with E-state index >= 15 is 0 Å². The van der Waals surface area contributed by atoms with Crippen LogP contribution in [0.2, 0.25) is 0 Å². The fourth-order valence-corrected chi connectivity index (χ4v) is 4.31. The van der Waals surface area contributed by atoms with E-state index in [9.17, 15) is 14.4 Å².